The second-order valence-electron chi connectivity index (χ2n) is 4.70. The van der Waals surface area contributed by atoms with Gasteiger partial charge >= 0.3 is 0 Å². The summed E-state index contributed by atoms with van der Waals surface area (Å²) in [6, 6.07) is 0. The topological polar surface area (TPSA) is 26.3 Å². The summed E-state index contributed by atoms with van der Waals surface area (Å²) in [6.45, 7) is 8.17. The minimum Gasteiger partial charge on any atom is -0.364 e. The molecule has 2 unspecified atom stereocenters. The van der Waals surface area contributed by atoms with Crippen LogP contribution in [-0.2, 0) is 9.53 Å². The van der Waals surface area contributed by atoms with Crippen molar-refractivity contribution in [3.63, 3.8) is 0 Å². The van der Waals surface area contributed by atoms with E-state index in [-0.39, 0.29) is 11.9 Å². The van der Waals surface area contributed by atoms with Crippen LogP contribution in [0, 0.1) is 0 Å². The molecule has 0 fully saturated rings. The molecule has 0 radical (unpaired) electrons. The molecule has 0 saturated heterocycles. The first-order valence-electron chi connectivity index (χ1n) is 5.91. The Labute approximate surface area is 92.7 Å². The minimum absolute atomic E-state index is 0.134. The van der Waals surface area contributed by atoms with Gasteiger partial charge in [-0.3, -0.25) is 4.79 Å². The Bertz CT molecular complexity index is 268. The number of ketones is 1. The van der Waals surface area contributed by atoms with E-state index in [2.05, 4.69) is 13.8 Å². The predicted molar refractivity (Wildman–Crippen MR) is 61.9 cm³/mol. The predicted octanol–water partition coefficient (Wildman–Crippen LogP) is 3.26. The summed E-state index contributed by atoms with van der Waals surface area (Å²) < 4.78 is 5.97. The quantitative estimate of drug-likeness (QED) is 0.696. The van der Waals surface area contributed by atoms with E-state index in [1.165, 1.54) is 0 Å². The lowest BCUT2D eigenvalue weighted by molar-refractivity contribution is -0.144. The van der Waals surface area contributed by atoms with Gasteiger partial charge in [-0.15, -0.1) is 0 Å². The zero-order chi connectivity index (χ0) is 11.5. The Morgan fingerprint density at radius 2 is 2.20 bits per heavy atom. The molecule has 0 heterocycles. The molecule has 0 aromatic rings. The minimum atomic E-state index is -0.583. The zero-order valence-corrected chi connectivity index (χ0v) is 10.3. The van der Waals surface area contributed by atoms with Crippen LogP contribution in [0.3, 0.4) is 0 Å². The number of carbonyl (C=O) groups excluding carboxylic acids is 1. The van der Waals surface area contributed by atoms with Crippen LogP contribution in [0.1, 0.15) is 53.4 Å². The molecule has 1 aliphatic carbocycles. The summed E-state index contributed by atoms with van der Waals surface area (Å²) in [6.07, 6.45) is 5.83. The van der Waals surface area contributed by atoms with E-state index in [9.17, 15) is 4.79 Å². The lowest BCUT2D eigenvalue weighted by atomic mass is 10.00. The molecule has 0 aliphatic heterocycles. The van der Waals surface area contributed by atoms with E-state index < -0.39 is 5.60 Å². The van der Waals surface area contributed by atoms with Crippen molar-refractivity contribution in [1.82, 2.24) is 0 Å². The molecule has 2 atom stereocenters. The highest BCUT2D eigenvalue weighted by Gasteiger charge is 2.39. The maximum absolute atomic E-state index is 11.8. The number of hydrogen-bond acceptors (Lipinski definition) is 2. The van der Waals surface area contributed by atoms with Crippen LogP contribution in [0.5, 0.6) is 0 Å². The van der Waals surface area contributed by atoms with Crippen molar-refractivity contribution in [2.75, 3.05) is 0 Å². The van der Waals surface area contributed by atoms with Crippen LogP contribution < -0.4 is 0 Å². The Balaban J connectivity index is 2.61. The first-order valence-corrected chi connectivity index (χ1v) is 5.91. The third-order valence-corrected chi connectivity index (χ3v) is 3.01. The Morgan fingerprint density at radius 3 is 2.60 bits per heavy atom. The fourth-order valence-electron chi connectivity index (χ4n) is 2.18. The molecule has 0 spiro atoms. The SMILES string of the molecule is CCCC(CC)OC1(C)CC(C)=CC1=O. The molecule has 1 aliphatic rings. The summed E-state index contributed by atoms with van der Waals surface area (Å²) in [5.41, 5.74) is 0.550. The first-order chi connectivity index (χ1) is 7.01. The molecule has 2 heteroatoms. The highest BCUT2D eigenvalue weighted by atomic mass is 16.5. The summed E-state index contributed by atoms with van der Waals surface area (Å²) >= 11 is 0. The van der Waals surface area contributed by atoms with Gasteiger partial charge in [0.1, 0.15) is 5.60 Å². The van der Waals surface area contributed by atoms with Gasteiger partial charge in [-0.25, -0.2) is 0 Å². The van der Waals surface area contributed by atoms with Crippen molar-refractivity contribution in [2.24, 2.45) is 0 Å². The van der Waals surface area contributed by atoms with Gasteiger partial charge in [-0.2, -0.15) is 0 Å². The normalized spacial score (nSPS) is 28.0. The van der Waals surface area contributed by atoms with E-state index in [1.54, 1.807) is 6.08 Å². The van der Waals surface area contributed by atoms with Crippen LogP contribution in [0.2, 0.25) is 0 Å². The second kappa shape index (κ2) is 4.93. The molecule has 0 bridgehead atoms. The van der Waals surface area contributed by atoms with Gasteiger partial charge in [0.25, 0.3) is 0 Å². The summed E-state index contributed by atoms with van der Waals surface area (Å²) in [4.78, 5) is 11.8. The molecule has 0 amide bonds. The highest BCUT2D eigenvalue weighted by molar-refractivity contribution is 6.00. The van der Waals surface area contributed by atoms with Crippen molar-refractivity contribution in [2.45, 2.75) is 65.1 Å². The summed E-state index contributed by atoms with van der Waals surface area (Å²) in [5, 5.41) is 0. The molecule has 0 N–H and O–H groups in total. The summed E-state index contributed by atoms with van der Waals surface area (Å²) in [5.74, 6) is 0.134. The maximum Gasteiger partial charge on any atom is 0.187 e. The van der Waals surface area contributed by atoms with Gasteiger partial charge < -0.3 is 4.74 Å². The van der Waals surface area contributed by atoms with E-state index in [1.807, 2.05) is 13.8 Å². The fourth-order valence-corrected chi connectivity index (χ4v) is 2.18. The van der Waals surface area contributed by atoms with Gasteiger partial charge in [-0.1, -0.05) is 25.8 Å². The Kier molecular flexibility index (Phi) is 4.09. The van der Waals surface area contributed by atoms with Crippen LogP contribution in [0.15, 0.2) is 11.6 Å². The lowest BCUT2D eigenvalue weighted by Gasteiger charge is -2.29. The first kappa shape index (κ1) is 12.4. The number of hydrogen-bond donors (Lipinski definition) is 0. The standard InChI is InChI=1S/C13H22O2/c1-5-7-11(6-2)15-13(4)9-10(3)8-12(13)14/h8,11H,5-7,9H2,1-4H3. The Hall–Kier alpha value is -0.630. The molecular formula is C13H22O2. The molecule has 15 heavy (non-hydrogen) atoms. The van der Waals surface area contributed by atoms with Crippen molar-refractivity contribution < 1.29 is 9.53 Å². The number of rotatable bonds is 5. The van der Waals surface area contributed by atoms with Crippen molar-refractivity contribution >= 4 is 5.78 Å². The third kappa shape index (κ3) is 2.91. The number of ether oxygens (including phenoxy) is 1. The molecule has 0 aromatic heterocycles. The number of carbonyl (C=O) groups is 1. The molecular weight excluding hydrogens is 188 g/mol. The zero-order valence-electron chi connectivity index (χ0n) is 10.3. The largest absolute Gasteiger partial charge is 0.364 e. The molecule has 0 saturated carbocycles. The van der Waals surface area contributed by atoms with E-state index in [0.717, 1.165) is 31.3 Å². The van der Waals surface area contributed by atoms with Crippen molar-refractivity contribution in [3.8, 4) is 0 Å². The third-order valence-electron chi connectivity index (χ3n) is 3.01. The van der Waals surface area contributed by atoms with Gasteiger partial charge in [0.05, 0.1) is 6.10 Å². The molecule has 86 valence electrons. The average Bonchev–Trinajstić information content (AvgIpc) is 2.40. The molecule has 1 rings (SSSR count). The van der Waals surface area contributed by atoms with Crippen molar-refractivity contribution in [1.29, 1.82) is 0 Å². The summed E-state index contributed by atoms with van der Waals surface area (Å²) in [7, 11) is 0. The molecule has 2 nitrogen and oxygen atoms in total. The molecule has 0 aromatic carbocycles. The van der Waals surface area contributed by atoms with Crippen molar-refractivity contribution in [3.05, 3.63) is 11.6 Å². The smallest absolute Gasteiger partial charge is 0.187 e. The Morgan fingerprint density at radius 1 is 1.53 bits per heavy atom. The van der Waals surface area contributed by atoms with E-state index >= 15 is 0 Å². The van der Waals surface area contributed by atoms with E-state index in [0.29, 0.717) is 0 Å². The van der Waals surface area contributed by atoms with Crippen LogP contribution in [0.4, 0.5) is 0 Å². The second-order valence-corrected chi connectivity index (χ2v) is 4.70. The average molecular weight is 210 g/mol. The van der Waals surface area contributed by atoms with E-state index in [4.69, 9.17) is 4.74 Å². The van der Waals surface area contributed by atoms with Gasteiger partial charge in [0.2, 0.25) is 0 Å². The lowest BCUT2D eigenvalue weighted by Crippen LogP contribution is -2.38. The van der Waals surface area contributed by atoms with Gasteiger partial charge in [-0.05, 0) is 32.8 Å². The van der Waals surface area contributed by atoms with Crippen LogP contribution in [-0.4, -0.2) is 17.5 Å². The van der Waals surface area contributed by atoms with Crippen LogP contribution >= 0.6 is 0 Å². The monoisotopic (exact) mass is 210 g/mol. The fraction of sp³-hybridized carbons (Fsp3) is 0.769. The highest BCUT2D eigenvalue weighted by Crippen LogP contribution is 2.31. The van der Waals surface area contributed by atoms with Gasteiger partial charge in [0.15, 0.2) is 5.78 Å². The van der Waals surface area contributed by atoms with Crippen LogP contribution in [0.25, 0.3) is 0 Å². The van der Waals surface area contributed by atoms with Gasteiger partial charge in [0, 0.05) is 6.42 Å². The maximum atomic E-state index is 11.8.